The Kier molecular flexibility index (Phi) is 6.77. The third-order valence-electron chi connectivity index (χ3n) is 3.34. The minimum Gasteiger partial charge on any atom is -0.377 e. The van der Waals surface area contributed by atoms with Crippen molar-refractivity contribution in [2.24, 2.45) is 0 Å². The van der Waals surface area contributed by atoms with Crippen LogP contribution in [0, 0.1) is 6.92 Å². The molecule has 0 aliphatic carbocycles. The van der Waals surface area contributed by atoms with Gasteiger partial charge in [-0.25, -0.2) is 0 Å². The SMILES string of the molecule is Cc1ccc(S(=O)(=O)OCCCCOCc2ccccc2)cc1. The van der Waals surface area contributed by atoms with Gasteiger partial charge in [-0.3, -0.25) is 4.18 Å². The third-order valence-corrected chi connectivity index (χ3v) is 4.67. The maximum atomic E-state index is 12.0. The quantitative estimate of drug-likeness (QED) is 0.518. The molecule has 124 valence electrons. The topological polar surface area (TPSA) is 52.6 Å². The monoisotopic (exact) mass is 334 g/mol. The van der Waals surface area contributed by atoms with Gasteiger partial charge in [-0.05, 0) is 37.5 Å². The molecule has 0 saturated carbocycles. The summed E-state index contributed by atoms with van der Waals surface area (Å²) >= 11 is 0. The Morgan fingerprint density at radius 3 is 2.22 bits per heavy atom. The summed E-state index contributed by atoms with van der Waals surface area (Å²) in [6.45, 7) is 3.24. The molecule has 0 aliphatic rings. The summed E-state index contributed by atoms with van der Waals surface area (Å²) in [6.07, 6.45) is 1.40. The van der Waals surface area contributed by atoms with Gasteiger partial charge in [0.1, 0.15) is 0 Å². The van der Waals surface area contributed by atoms with E-state index in [-0.39, 0.29) is 11.5 Å². The summed E-state index contributed by atoms with van der Waals surface area (Å²) in [5.74, 6) is 0. The predicted molar refractivity (Wildman–Crippen MR) is 89.6 cm³/mol. The van der Waals surface area contributed by atoms with Crippen molar-refractivity contribution in [2.45, 2.75) is 31.3 Å². The van der Waals surface area contributed by atoms with Gasteiger partial charge in [0.25, 0.3) is 10.1 Å². The van der Waals surface area contributed by atoms with Crippen LogP contribution < -0.4 is 0 Å². The Hall–Kier alpha value is -1.69. The molecule has 0 bridgehead atoms. The largest absolute Gasteiger partial charge is 0.377 e. The average molecular weight is 334 g/mol. The molecule has 5 heteroatoms. The van der Waals surface area contributed by atoms with Crippen LogP contribution in [0.3, 0.4) is 0 Å². The highest BCUT2D eigenvalue weighted by Gasteiger charge is 2.14. The summed E-state index contributed by atoms with van der Waals surface area (Å²) in [5.41, 5.74) is 2.14. The maximum Gasteiger partial charge on any atom is 0.296 e. The lowest BCUT2D eigenvalue weighted by atomic mass is 10.2. The van der Waals surface area contributed by atoms with E-state index in [4.69, 9.17) is 8.92 Å². The van der Waals surface area contributed by atoms with Crippen LogP contribution in [0.25, 0.3) is 0 Å². The fourth-order valence-corrected chi connectivity index (χ4v) is 2.95. The number of rotatable bonds is 9. The van der Waals surface area contributed by atoms with Crippen molar-refractivity contribution >= 4 is 10.1 Å². The van der Waals surface area contributed by atoms with Crippen LogP contribution >= 0.6 is 0 Å². The van der Waals surface area contributed by atoms with Gasteiger partial charge >= 0.3 is 0 Å². The molecule has 0 saturated heterocycles. The van der Waals surface area contributed by atoms with E-state index in [0.717, 1.165) is 17.5 Å². The summed E-state index contributed by atoms with van der Waals surface area (Å²) in [6, 6.07) is 16.6. The molecule has 23 heavy (non-hydrogen) atoms. The van der Waals surface area contributed by atoms with E-state index in [2.05, 4.69) is 0 Å². The lowest BCUT2D eigenvalue weighted by Gasteiger charge is -2.07. The van der Waals surface area contributed by atoms with E-state index < -0.39 is 10.1 Å². The normalized spacial score (nSPS) is 11.5. The molecule has 0 unspecified atom stereocenters. The van der Waals surface area contributed by atoms with Gasteiger partial charge in [0.15, 0.2) is 0 Å². The molecule has 2 aromatic rings. The van der Waals surface area contributed by atoms with Crippen LogP contribution in [0.1, 0.15) is 24.0 Å². The molecule has 0 amide bonds. The molecule has 0 fully saturated rings. The summed E-state index contributed by atoms with van der Waals surface area (Å²) in [4.78, 5) is 0.198. The highest BCUT2D eigenvalue weighted by molar-refractivity contribution is 7.86. The number of aryl methyl sites for hydroxylation is 1. The number of ether oxygens (including phenoxy) is 1. The van der Waals surface area contributed by atoms with Crippen LogP contribution in [0.5, 0.6) is 0 Å². The zero-order valence-electron chi connectivity index (χ0n) is 13.3. The van der Waals surface area contributed by atoms with E-state index in [9.17, 15) is 8.42 Å². The Morgan fingerprint density at radius 2 is 1.52 bits per heavy atom. The molecule has 0 atom stereocenters. The Balaban J connectivity index is 1.62. The van der Waals surface area contributed by atoms with Crippen LogP contribution in [0.2, 0.25) is 0 Å². The number of hydrogen-bond donors (Lipinski definition) is 0. The summed E-state index contributed by atoms with van der Waals surface area (Å²) in [7, 11) is -3.65. The van der Waals surface area contributed by atoms with Crippen molar-refractivity contribution in [3.8, 4) is 0 Å². The molecule has 0 spiro atoms. The van der Waals surface area contributed by atoms with Gasteiger partial charge in [-0.2, -0.15) is 8.42 Å². The van der Waals surface area contributed by atoms with E-state index in [0.29, 0.717) is 19.6 Å². The highest BCUT2D eigenvalue weighted by Crippen LogP contribution is 2.13. The first-order valence-electron chi connectivity index (χ1n) is 7.66. The predicted octanol–water partition coefficient (Wildman–Crippen LogP) is 3.70. The first-order chi connectivity index (χ1) is 11.1. The van der Waals surface area contributed by atoms with E-state index in [1.807, 2.05) is 37.3 Å². The van der Waals surface area contributed by atoms with Gasteiger partial charge < -0.3 is 4.74 Å². The minimum atomic E-state index is -3.65. The van der Waals surface area contributed by atoms with Crippen LogP contribution in [0.4, 0.5) is 0 Å². The Labute approximate surface area is 138 Å². The lowest BCUT2D eigenvalue weighted by molar-refractivity contribution is 0.114. The molecular formula is C18H22O4S. The summed E-state index contributed by atoms with van der Waals surface area (Å²) < 4.78 is 34.5. The third kappa shape index (κ3) is 6.14. The van der Waals surface area contributed by atoms with Crippen molar-refractivity contribution in [2.75, 3.05) is 13.2 Å². The maximum absolute atomic E-state index is 12.0. The van der Waals surface area contributed by atoms with Gasteiger partial charge in [0, 0.05) is 6.61 Å². The van der Waals surface area contributed by atoms with Gasteiger partial charge in [0.2, 0.25) is 0 Å². The van der Waals surface area contributed by atoms with E-state index >= 15 is 0 Å². The second kappa shape index (κ2) is 8.82. The minimum absolute atomic E-state index is 0.172. The van der Waals surface area contributed by atoms with Crippen LogP contribution in [0.15, 0.2) is 59.5 Å². The number of benzene rings is 2. The first kappa shape index (κ1) is 17.7. The lowest BCUT2D eigenvalue weighted by Crippen LogP contribution is -2.08. The van der Waals surface area contributed by atoms with Gasteiger partial charge in [-0.1, -0.05) is 48.0 Å². The molecule has 0 aliphatic heterocycles. The second-order valence-corrected chi connectivity index (χ2v) is 6.95. The standard InChI is InChI=1S/C18H22O4S/c1-16-9-11-18(12-10-16)23(19,20)22-14-6-5-13-21-15-17-7-3-2-4-8-17/h2-4,7-12H,5-6,13-15H2,1H3. The smallest absolute Gasteiger partial charge is 0.296 e. The van der Waals surface area contributed by atoms with Gasteiger partial charge in [0.05, 0.1) is 18.1 Å². The fourth-order valence-electron chi connectivity index (χ4n) is 2.01. The zero-order valence-corrected chi connectivity index (χ0v) is 14.1. The molecule has 2 aromatic carbocycles. The number of hydrogen-bond acceptors (Lipinski definition) is 4. The first-order valence-corrected chi connectivity index (χ1v) is 9.06. The zero-order chi connectivity index (χ0) is 16.5. The van der Waals surface area contributed by atoms with Crippen molar-refractivity contribution in [1.29, 1.82) is 0 Å². The van der Waals surface area contributed by atoms with Gasteiger partial charge in [-0.15, -0.1) is 0 Å². The Morgan fingerprint density at radius 1 is 0.870 bits per heavy atom. The second-order valence-electron chi connectivity index (χ2n) is 5.33. The van der Waals surface area contributed by atoms with E-state index in [1.165, 1.54) is 0 Å². The van der Waals surface area contributed by atoms with Crippen molar-refractivity contribution < 1.29 is 17.3 Å². The molecule has 0 aromatic heterocycles. The summed E-state index contributed by atoms with van der Waals surface area (Å²) in [5, 5.41) is 0. The van der Waals surface area contributed by atoms with Crippen molar-refractivity contribution in [1.82, 2.24) is 0 Å². The van der Waals surface area contributed by atoms with Crippen LogP contribution in [-0.2, 0) is 25.6 Å². The Bertz CT molecular complexity index is 679. The molecule has 0 N–H and O–H groups in total. The van der Waals surface area contributed by atoms with Crippen molar-refractivity contribution in [3.05, 3.63) is 65.7 Å². The van der Waals surface area contributed by atoms with Crippen molar-refractivity contribution in [3.63, 3.8) is 0 Å². The molecule has 4 nitrogen and oxygen atoms in total. The molecular weight excluding hydrogens is 312 g/mol. The highest BCUT2D eigenvalue weighted by atomic mass is 32.2. The molecule has 0 heterocycles. The number of unbranched alkanes of at least 4 members (excludes halogenated alkanes) is 1. The average Bonchev–Trinajstić information content (AvgIpc) is 2.55. The fraction of sp³-hybridized carbons (Fsp3) is 0.333. The molecule has 0 radical (unpaired) electrons. The van der Waals surface area contributed by atoms with E-state index in [1.54, 1.807) is 24.3 Å². The van der Waals surface area contributed by atoms with Crippen LogP contribution in [-0.4, -0.2) is 21.6 Å². The molecule has 2 rings (SSSR count).